The highest BCUT2D eigenvalue weighted by Crippen LogP contribution is 1.99. The SMILES string of the molecule is OCCCCCCNCc1csnn1. The molecule has 0 aliphatic heterocycles. The van der Waals surface area contributed by atoms with Gasteiger partial charge in [-0.1, -0.05) is 17.3 Å². The molecule has 1 rings (SSSR count). The van der Waals surface area contributed by atoms with Crippen molar-refractivity contribution in [2.75, 3.05) is 13.2 Å². The summed E-state index contributed by atoms with van der Waals surface area (Å²) in [6.45, 7) is 2.15. The van der Waals surface area contributed by atoms with Crippen molar-refractivity contribution in [2.45, 2.75) is 32.2 Å². The van der Waals surface area contributed by atoms with Gasteiger partial charge in [-0.15, -0.1) is 5.10 Å². The Morgan fingerprint density at radius 2 is 2.14 bits per heavy atom. The molecule has 0 atom stereocenters. The summed E-state index contributed by atoms with van der Waals surface area (Å²) in [5, 5.41) is 17.8. The van der Waals surface area contributed by atoms with Gasteiger partial charge < -0.3 is 10.4 Å². The number of aromatic nitrogens is 2. The standard InChI is InChI=1S/C9H17N3OS/c13-6-4-2-1-3-5-10-7-9-8-14-12-11-9/h8,10,13H,1-7H2. The van der Waals surface area contributed by atoms with E-state index in [1.807, 2.05) is 5.38 Å². The van der Waals surface area contributed by atoms with Gasteiger partial charge in [-0.25, -0.2) is 0 Å². The molecule has 0 saturated heterocycles. The summed E-state index contributed by atoms with van der Waals surface area (Å²) < 4.78 is 3.79. The molecule has 1 aromatic rings. The summed E-state index contributed by atoms with van der Waals surface area (Å²) in [4.78, 5) is 0. The van der Waals surface area contributed by atoms with E-state index in [4.69, 9.17) is 5.11 Å². The van der Waals surface area contributed by atoms with Gasteiger partial charge in [0.2, 0.25) is 0 Å². The van der Waals surface area contributed by atoms with Gasteiger partial charge in [-0.05, 0) is 30.9 Å². The second-order valence-corrected chi connectivity index (χ2v) is 3.82. The number of nitrogens with zero attached hydrogens (tertiary/aromatic N) is 2. The molecule has 0 bridgehead atoms. The van der Waals surface area contributed by atoms with Crippen LogP contribution in [0.2, 0.25) is 0 Å². The van der Waals surface area contributed by atoms with Gasteiger partial charge in [0.1, 0.15) is 0 Å². The Morgan fingerprint density at radius 3 is 2.86 bits per heavy atom. The van der Waals surface area contributed by atoms with Crippen LogP contribution in [0.1, 0.15) is 31.4 Å². The zero-order chi connectivity index (χ0) is 10.1. The highest BCUT2D eigenvalue weighted by atomic mass is 32.1. The second-order valence-electron chi connectivity index (χ2n) is 3.21. The molecule has 0 aliphatic rings. The lowest BCUT2D eigenvalue weighted by Gasteiger charge is -2.01. The van der Waals surface area contributed by atoms with E-state index in [-0.39, 0.29) is 0 Å². The van der Waals surface area contributed by atoms with Gasteiger partial charge in [0.25, 0.3) is 0 Å². The summed E-state index contributed by atoms with van der Waals surface area (Å²) in [6, 6.07) is 0. The molecule has 4 nitrogen and oxygen atoms in total. The molecule has 80 valence electrons. The zero-order valence-electron chi connectivity index (χ0n) is 8.28. The van der Waals surface area contributed by atoms with Crippen LogP contribution in [0.4, 0.5) is 0 Å². The number of rotatable bonds is 8. The Kier molecular flexibility index (Phi) is 6.47. The van der Waals surface area contributed by atoms with Gasteiger partial charge in [-0.3, -0.25) is 0 Å². The number of unbranched alkanes of at least 4 members (excludes halogenated alkanes) is 3. The normalized spacial score (nSPS) is 10.6. The molecule has 0 fully saturated rings. The van der Waals surface area contributed by atoms with Gasteiger partial charge in [0.15, 0.2) is 0 Å². The van der Waals surface area contributed by atoms with E-state index in [1.165, 1.54) is 18.0 Å². The Morgan fingerprint density at radius 1 is 1.29 bits per heavy atom. The van der Waals surface area contributed by atoms with Crippen LogP contribution in [-0.4, -0.2) is 27.8 Å². The Hall–Kier alpha value is -0.520. The van der Waals surface area contributed by atoms with Crippen LogP contribution in [0.25, 0.3) is 0 Å². The lowest BCUT2D eigenvalue weighted by atomic mass is 10.2. The Balaban J connectivity index is 1.85. The van der Waals surface area contributed by atoms with Crippen molar-refractivity contribution in [1.29, 1.82) is 0 Å². The minimum absolute atomic E-state index is 0.317. The largest absolute Gasteiger partial charge is 0.396 e. The van der Waals surface area contributed by atoms with E-state index in [9.17, 15) is 0 Å². The molecular weight excluding hydrogens is 198 g/mol. The molecule has 5 heteroatoms. The third-order valence-corrected chi connectivity index (χ3v) is 2.53. The molecular formula is C9H17N3OS. The minimum Gasteiger partial charge on any atom is -0.396 e. The molecule has 0 radical (unpaired) electrons. The number of nitrogens with one attached hydrogen (secondary N) is 1. The fourth-order valence-electron chi connectivity index (χ4n) is 1.19. The maximum absolute atomic E-state index is 8.56. The number of aliphatic hydroxyl groups is 1. The van der Waals surface area contributed by atoms with E-state index >= 15 is 0 Å². The predicted molar refractivity (Wildman–Crippen MR) is 57.2 cm³/mol. The topological polar surface area (TPSA) is 58.0 Å². The predicted octanol–water partition coefficient (Wildman–Crippen LogP) is 1.18. The van der Waals surface area contributed by atoms with E-state index < -0.39 is 0 Å². The van der Waals surface area contributed by atoms with Crippen molar-refractivity contribution in [1.82, 2.24) is 14.9 Å². The number of hydrogen-bond acceptors (Lipinski definition) is 5. The van der Waals surface area contributed by atoms with Crippen molar-refractivity contribution in [3.63, 3.8) is 0 Å². The van der Waals surface area contributed by atoms with Crippen LogP contribution in [0.3, 0.4) is 0 Å². The van der Waals surface area contributed by atoms with Crippen LogP contribution in [0.15, 0.2) is 5.38 Å². The van der Waals surface area contributed by atoms with Crippen molar-refractivity contribution >= 4 is 11.5 Å². The van der Waals surface area contributed by atoms with Crippen LogP contribution in [-0.2, 0) is 6.54 Å². The van der Waals surface area contributed by atoms with E-state index in [0.717, 1.165) is 38.0 Å². The average molecular weight is 215 g/mol. The molecule has 2 N–H and O–H groups in total. The summed E-state index contributed by atoms with van der Waals surface area (Å²) in [5.41, 5.74) is 1.02. The van der Waals surface area contributed by atoms with Gasteiger partial charge in [0, 0.05) is 18.5 Å². The van der Waals surface area contributed by atoms with Crippen molar-refractivity contribution in [2.24, 2.45) is 0 Å². The van der Waals surface area contributed by atoms with E-state index in [1.54, 1.807) is 0 Å². The molecule has 0 spiro atoms. The second kappa shape index (κ2) is 7.84. The monoisotopic (exact) mass is 215 g/mol. The Bertz CT molecular complexity index is 216. The summed E-state index contributed by atoms with van der Waals surface area (Å²) in [6.07, 6.45) is 4.40. The maximum atomic E-state index is 8.56. The lowest BCUT2D eigenvalue weighted by Crippen LogP contribution is -2.14. The van der Waals surface area contributed by atoms with E-state index in [2.05, 4.69) is 14.9 Å². The quantitative estimate of drug-likeness (QED) is 0.639. The van der Waals surface area contributed by atoms with Gasteiger partial charge >= 0.3 is 0 Å². The lowest BCUT2D eigenvalue weighted by molar-refractivity contribution is 0.282. The fraction of sp³-hybridized carbons (Fsp3) is 0.778. The summed E-state index contributed by atoms with van der Waals surface area (Å²) in [5.74, 6) is 0. The first-order valence-electron chi connectivity index (χ1n) is 5.01. The average Bonchev–Trinajstić information content (AvgIpc) is 2.69. The third-order valence-electron chi connectivity index (χ3n) is 1.97. The van der Waals surface area contributed by atoms with Crippen molar-refractivity contribution < 1.29 is 5.11 Å². The highest BCUT2D eigenvalue weighted by Gasteiger charge is 1.94. The fourth-order valence-corrected chi connectivity index (χ4v) is 1.64. The first-order chi connectivity index (χ1) is 6.93. The van der Waals surface area contributed by atoms with Crippen LogP contribution in [0.5, 0.6) is 0 Å². The molecule has 1 aromatic heterocycles. The van der Waals surface area contributed by atoms with Crippen molar-refractivity contribution in [3.8, 4) is 0 Å². The highest BCUT2D eigenvalue weighted by molar-refractivity contribution is 7.03. The first-order valence-corrected chi connectivity index (χ1v) is 5.84. The van der Waals surface area contributed by atoms with Crippen LogP contribution >= 0.6 is 11.5 Å². The molecule has 1 heterocycles. The molecule has 0 aromatic carbocycles. The molecule has 0 aliphatic carbocycles. The molecule has 14 heavy (non-hydrogen) atoms. The maximum Gasteiger partial charge on any atom is 0.0893 e. The van der Waals surface area contributed by atoms with Gasteiger partial charge in [0.05, 0.1) is 5.69 Å². The molecule has 0 amide bonds. The first kappa shape index (κ1) is 11.6. The molecule has 0 saturated carbocycles. The van der Waals surface area contributed by atoms with Crippen LogP contribution < -0.4 is 5.32 Å². The number of hydrogen-bond donors (Lipinski definition) is 2. The third kappa shape index (κ3) is 5.26. The summed E-state index contributed by atoms with van der Waals surface area (Å²) in [7, 11) is 0. The minimum atomic E-state index is 0.317. The van der Waals surface area contributed by atoms with E-state index in [0.29, 0.717) is 6.61 Å². The van der Waals surface area contributed by atoms with Crippen molar-refractivity contribution in [3.05, 3.63) is 11.1 Å². The van der Waals surface area contributed by atoms with Crippen LogP contribution in [0, 0.1) is 0 Å². The van der Waals surface area contributed by atoms with Gasteiger partial charge in [-0.2, -0.15) is 0 Å². The summed E-state index contributed by atoms with van der Waals surface area (Å²) >= 11 is 1.39. The number of aliphatic hydroxyl groups excluding tert-OH is 1. The molecule has 0 unspecified atom stereocenters. The Labute approximate surface area is 88.5 Å². The zero-order valence-corrected chi connectivity index (χ0v) is 9.09. The smallest absolute Gasteiger partial charge is 0.0893 e.